The van der Waals surface area contributed by atoms with Gasteiger partial charge in [-0.05, 0) is 80.5 Å². The lowest BCUT2D eigenvalue weighted by Crippen LogP contribution is -2.17. The van der Waals surface area contributed by atoms with Crippen molar-refractivity contribution in [2.45, 2.75) is 72.5 Å². The summed E-state index contributed by atoms with van der Waals surface area (Å²) in [6.45, 7) is 15.6. The zero-order chi connectivity index (χ0) is 33.0. The fraction of sp³-hybridized carbons (Fsp3) is 0.562. The molecule has 5 atom stereocenters. The molecule has 43 heavy (non-hydrogen) atoms. The second-order valence-electron chi connectivity index (χ2n) is 12.1. The van der Waals surface area contributed by atoms with Crippen LogP contribution < -0.4 is 16.0 Å². The first-order chi connectivity index (χ1) is 20.1. The molecule has 1 aliphatic heterocycles. The molecule has 5 N–H and O–H groups in total. The molecule has 0 aromatic carbocycles. The average molecular weight is 649 g/mol. The molecule has 2 aliphatic rings. The van der Waals surface area contributed by atoms with Gasteiger partial charge in [0.25, 0.3) is 0 Å². The highest BCUT2D eigenvalue weighted by molar-refractivity contribution is 6.32. The summed E-state index contributed by atoms with van der Waals surface area (Å²) in [5.74, 6) is -0.475. The Morgan fingerprint density at radius 1 is 1.07 bits per heavy atom. The number of hydrogen-bond donors (Lipinski definition) is 5. The van der Waals surface area contributed by atoms with Crippen LogP contribution in [0.2, 0.25) is 0 Å². The summed E-state index contributed by atoms with van der Waals surface area (Å²) < 4.78 is 26.8. The van der Waals surface area contributed by atoms with Gasteiger partial charge in [-0.3, -0.25) is 9.59 Å². The van der Waals surface area contributed by atoms with E-state index < -0.39 is 23.9 Å². The van der Waals surface area contributed by atoms with Gasteiger partial charge in [-0.1, -0.05) is 75.7 Å². The van der Waals surface area contributed by atoms with Gasteiger partial charge in [0.2, 0.25) is 12.8 Å². The van der Waals surface area contributed by atoms with Crippen LogP contribution in [0.3, 0.4) is 0 Å². The largest absolute Gasteiger partial charge is 0.390 e. The lowest BCUT2D eigenvalue weighted by atomic mass is 9.92. The van der Waals surface area contributed by atoms with Gasteiger partial charge in [-0.15, -0.1) is 0 Å². The van der Waals surface area contributed by atoms with Gasteiger partial charge in [0.1, 0.15) is 11.7 Å². The van der Waals surface area contributed by atoms with Crippen LogP contribution in [0, 0.1) is 23.2 Å². The molecule has 2 amide bonds. The van der Waals surface area contributed by atoms with Crippen molar-refractivity contribution in [2.24, 2.45) is 23.2 Å². The van der Waals surface area contributed by atoms with E-state index in [9.17, 15) is 28.6 Å². The molecule has 1 heterocycles. The van der Waals surface area contributed by atoms with Crippen LogP contribution >= 0.6 is 23.2 Å². The predicted octanol–water partition coefficient (Wildman–Crippen LogP) is 6.31. The molecule has 0 radical (unpaired) electrons. The topological polar surface area (TPSA) is 111 Å². The average Bonchev–Trinajstić information content (AvgIpc) is 3.49. The highest BCUT2D eigenvalue weighted by Gasteiger charge is 2.30. The normalized spacial score (nSPS) is 25.0. The molecule has 7 nitrogen and oxygen atoms in total. The van der Waals surface area contributed by atoms with Crippen molar-refractivity contribution in [3.63, 3.8) is 0 Å². The number of carbonyl (C=O) groups excluding carboxylic acids is 2. The quantitative estimate of drug-likeness (QED) is 0.0914. The van der Waals surface area contributed by atoms with Gasteiger partial charge >= 0.3 is 0 Å². The Morgan fingerprint density at radius 3 is 2.21 bits per heavy atom. The molecular weight excluding hydrogens is 599 g/mol. The van der Waals surface area contributed by atoms with Gasteiger partial charge in [-0.25, -0.2) is 8.78 Å². The van der Waals surface area contributed by atoms with Gasteiger partial charge < -0.3 is 26.2 Å². The van der Waals surface area contributed by atoms with Crippen molar-refractivity contribution >= 4 is 36.0 Å². The molecule has 0 aromatic heterocycles. The van der Waals surface area contributed by atoms with E-state index in [1.54, 1.807) is 19.1 Å². The second-order valence-corrected chi connectivity index (χ2v) is 13.0. The van der Waals surface area contributed by atoms with Crippen LogP contribution in [0.25, 0.3) is 0 Å². The van der Waals surface area contributed by atoms with E-state index in [2.05, 4.69) is 50.2 Å². The number of hydrogen-bond acceptors (Lipinski definition) is 5. The van der Waals surface area contributed by atoms with E-state index in [0.29, 0.717) is 49.2 Å². The van der Waals surface area contributed by atoms with Crippen molar-refractivity contribution in [3.8, 4) is 0 Å². The lowest BCUT2D eigenvalue weighted by molar-refractivity contribution is -0.110. The summed E-state index contributed by atoms with van der Waals surface area (Å²) in [5.41, 5.74) is 0.946. The molecule has 11 heteroatoms. The SMILES string of the molecule is C=C(F)/C(Cl)=C\C=C/C[C@H]1CNC[C@H]1/C=C/C(F)=C(Cl)\C=C(/C)NC=O.CC(C)(C)C.O=CNCCC1C[C@@H](O)[C@@H](O)C1. The van der Waals surface area contributed by atoms with Crippen LogP contribution in [0.15, 0.2) is 70.5 Å². The summed E-state index contributed by atoms with van der Waals surface area (Å²) in [4.78, 5) is 20.2. The molecule has 2 rings (SSSR count). The number of halogens is 4. The summed E-state index contributed by atoms with van der Waals surface area (Å²) in [5, 5.41) is 26.5. The summed E-state index contributed by atoms with van der Waals surface area (Å²) >= 11 is 11.5. The Labute approximate surface area is 265 Å². The maximum Gasteiger partial charge on any atom is 0.211 e. The number of aliphatic hydroxyl groups excluding tert-OH is 2. The van der Waals surface area contributed by atoms with E-state index in [-0.39, 0.29) is 21.9 Å². The van der Waals surface area contributed by atoms with Gasteiger partial charge in [0.15, 0.2) is 0 Å². The van der Waals surface area contributed by atoms with E-state index >= 15 is 0 Å². The fourth-order valence-corrected chi connectivity index (χ4v) is 4.39. The van der Waals surface area contributed by atoms with Gasteiger partial charge in [-0.2, -0.15) is 0 Å². The van der Waals surface area contributed by atoms with Crippen LogP contribution in [-0.2, 0) is 9.59 Å². The lowest BCUT2D eigenvalue weighted by Gasteiger charge is -2.12. The zero-order valence-corrected chi connectivity index (χ0v) is 27.4. The molecule has 0 bridgehead atoms. The zero-order valence-electron chi connectivity index (χ0n) is 25.9. The highest BCUT2D eigenvalue weighted by Crippen LogP contribution is 2.28. The van der Waals surface area contributed by atoms with E-state index in [0.717, 1.165) is 25.9 Å². The Balaban J connectivity index is 0.000000849. The molecule has 1 saturated carbocycles. The summed E-state index contributed by atoms with van der Waals surface area (Å²) in [7, 11) is 0. The van der Waals surface area contributed by atoms with Crippen molar-refractivity contribution in [3.05, 3.63) is 70.5 Å². The van der Waals surface area contributed by atoms with E-state index in [1.807, 2.05) is 6.08 Å². The Morgan fingerprint density at radius 2 is 1.67 bits per heavy atom. The second kappa shape index (κ2) is 22.2. The minimum absolute atomic E-state index is 0.0310. The fourth-order valence-electron chi connectivity index (χ4n) is 4.09. The molecule has 244 valence electrons. The molecule has 0 spiro atoms. The minimum Gasteiger partial charge on any atom is -0.390 e. The Bertz CT molecular complexity index is 1010. The third-order valence-corrected chi connectivity index (χ3v) is 6.81. The third-order valence-electron chi connectivity index (χ3n) is 6.19. The van der Waals surface area contributed by atoms with Crippen molar-refractivity contribution in [2.75, 3.05) is 19.6 Å². The number of carbonyl (C=O) groups is 2. The molecular formula is C32H49Cl2F2N3O4. The van der Waals surface area contributed by atoms with Crippen molar-refractivity contribution < 1.29 is 28.6 Å². The Hall–Kier alpha value is -2.30. The maximum absolute atomic E-state index is 14.0. The molecule has 1 unspecified atom stereocenters. The molecule has 2 fully saturated rings. The summed E-state index contributed by atoms with van der Waals surface area (Å²) in [6, 6.07) is 0. The van der Waals surface area contributed by atoms with Gasteiger partial charge in [0, 0.05) is 18.8 Å². The predicted molar refractivity (Wildman–Crippen MR) is 172 cm³/mol. The number of allylic oxidation sites excluding steroid dienone is 10. The number of aliphatic hydroxyl groups is 2. The van der Waals surface area contributed by atoms with Crippen LogP contribution in [0.1, 0.15) is 60.3 Å². The molecule has 1 aliphatic carbocycles. The third kappa shape index (κ3) is 21.1. The maximum atomic E-state index is 14.0. The van der Waals surface area contributed by atoms with E-state index in [1.165, 1.54) is 18.2 Å². The van der Waals surface area contributed by atoms with Crippen molar-refractivity contribution in [1.29, 1.82) is 0 Å². The number of amides is 2. The monoisotopic (exact) mass is 647 g/mol. The highest BCUT2D eigenvalue weighted by atomic mass is 35.5. The molecule has 1 saturated heterocycles. The number of nitrogens with one attached hydrogen (secondary N) is 3. The first-order valence-corrected chi connectivity index (χ1v) is 15.1. The first-order valence-electron chi connectivity index (χ1n) is 14.3. The standard InChI is InChI=1S/C19H22Cl2F2N2O.C8H15NO3.C5H12/c1-13(25-12-26)9-18(21)19(23)8-7-16-11-24-10-15(16)5-3-4-6-17(20)14(2)22;10-5-9-2-1-6-3-7(11)8(12)4-6;1-5(2,3)4/h3-4,6-9,12,15-16,24H,2,5,10-11H2,1H3,(H,25,26);5-8,11-12H,1-4H2,(H,9,10);1-4H3/b4-3-,8-7+,13-9+,17-6+,19-18-;;/t15-,16+;6?,7-,8+;/m0../s1. The van der Waals surface area contributed by atoms with Gasteiger partial charge in [0.05, 0.1) is 22.3 Å². The first kappa shape index (κ1) is 40.7. The van der Waals surface area contributed by atoms with Crippen molar-refractivity contribution in [1.82, 2.24) is 16.0 Å². The van der Waals surface area contributed by atoms with E-state index in [4.69, 9.17) is 23.2 Å². The molecule has 0 aromatic rings. The number of rotatable bonds is 13. The summed E-state index contributed by atoms with van der Waals surface area (Å²) in [6.07, 6.45) is 12.4. The van der Waals surface area contributed by atoms with Crippen LogP contribution in [0.4, 0.5) is 8.78 Å². The van der Waals surface area contributed by atoms with Crippen LogP contribution in [0.5, 0.6) is 0 Å². The Kier molecular flexibility index (Phi) is 21.1. The smallest absolute Gasteiger partial charge is 0.211 e. The minimum atomic E-state index is -0.675. The van der Waals surface area contributed by atoms with Crippen LogP contribution in [-0.4, -0.2) is 54.9 Å².